The van der Waals surface area contributed by atoms with Crippen LogP contribution in [0.1, 0.15) is 0 Å². The quantitative estimate of drug-likeness (QED) is 0.315. The van der Waals surface area contributed by atoms with Gasteiger partial charge in [0.1, 0.15) is 6.20 Å². The van der Waals surface area contributed by atoms with Gasteiger partial charge < -0.3 is 14.7 Å². The molecule has 7 nitrogen and oxygen atoms in total. The molecule has 0 saturated carbocycles. The Balaban J connectivity index is 1.67. The van der Waals surface area contributed by atoms with Gasteiger partial charge in [-0.2, -0.15) is 0 Å². The summed E-state index contributed by atoms with van der Waals surface area (Å²) in [6.45, 7) is 0. The Labute approximate surface area is 171 Å². The maximum atomic E-state index is 11.5. The number of fused-ring (bicyclic) bond motifs is 1. The van der Waals surface area contributed by atoms with Gasteiger partial charge in [0.2, 0.25) is 0 Å². The largest absolute Gasteiger partial charge is 0.371 e. The second-order valence-electron chi connectivity index (χ2n) is 6.68. The fourth-order valence-electron chi connectivity index (χ4n) is 3.57. The summed E-state index contributed by atoms with van der Waals surface area (Å²) in [5.74, 6) is -0.165. The standard InChI is InChI=1S/C23H15N5O2/c29-28(30)23-19(7-4-13-25-23)18-6-3-5-16-11-14-27(22(16)18)17-9-10-21(26-15-17)20-8-1-2-12-24-20/h1-15H. The summed E-state index contributed by atoms with van der Waals surface area (Å²) < 4.78 is 1.98. The minimum absolute atomic E-state index is 0.165. The Morgan fingerprint density at radius 1 is 0.767 bits per heavy atom. The number of aromatic nitrogens is 4. The van der Waals surface area contributed by atoms with Crippen molar-refractivity contribution in [2.75, 3.05) is 0 Å². The molecular formula is C23H15N5O2. The van der Waals surface area contributed by atoms with E-state index in [-0.39, 0.29) is 5.82 Å². The summed E-state index contributed by atoms with van der Waals surface area (Å²) in [5, 5.41) is 12.5. The van der Waals surface area contributed by atoms with Crippen molar-refractivity contribution in [2.45, 2.75) is 0 Å². The molecule has 0 aliphatic heterocycles. The van der Waals surface area contributed by atoms with Crippen molar-refractivity contribution in [3.05, 3.63) is 102 Å². The smallest absolute Gasteiger partial charge is 0.358 e. The van der Waals surface area contributed by atoms with Gasteiger partial charge in [-0.25, -0.2) is 0 Å². The highest BCUT2D eigenvalue weighted by Gasteiger charge is 2.19. The molecule has 4 aromatic heterocycles. The molecule has 0 aliphatic rings. The number of rotatable bonds is 4. The van der Waals surface area contributed by atoms with E-state index in [1.165, 1.54) is 6.20 Å². The van der Waals surface area contributed by atoms with Gasteiger partial charge in [-0.3, -0.25) is 9.97 Å². The van der Waals surface area contributed by atoms with Crippen LogP contribution in [0.25, 0.3) is 39.1 Å². The van der Waals surface area contributed by atoms with Crippen LogP contribution >= 0.6 is 0 Å². The van der Waals surface area contributed by atoms with Gasteiger partial charge in [0.05, 0.1) is 34.4 Å². The maximum absolute atomic E-state index is 11.5. The zero-order chi connectivity index (χ0) is 20.5. The Morgan fingerprint density at radius 3 is 2.37 bits per heavy atom. The van der Waals surface area contributed by atoms with Crippen molar-refractivity contribution < 1.29 is 4.92 Å². The Bertz CT molecular complexity index is 1360. The highest BCUT2D eigenvalue weighted by Crippen LogP contribution is 2.35. The van der Waals surface area contributed by atoms with Crippen LogP contribution in [0.4, 0.5) is 5.82 Å². The summed E-state index contributed by atoms with van der Waals surface area (Å²) in [4.78, 5) is 23.9. The minimum Gasteiger partial charge on any atom is -0.358 e. The van der Waals surface area contributed by atoms with E-state index < -0.39 is 4.92 Å². The van der Waals surface area contributed by atoms with Crippen molar-refractivity contribution >= 4 is 16.7 Å². The summed E-state index contributed by atoms with van der Waals surface area (Å²) >= 11 is 0. The van der Waals surface area contributed by atoms with Gasteiger partial charge in [-0.1, -0.05) is 24.3 Å². The van der Waals surface area contributed by atoms with Crippen LogP contribution in [0, 0.1) is 10.1 Å². The fraction of sp³-hybridized carbons (Fsp3) is 0. The molecule has 0 atom stereocenters. The zero-order valence-corrected chi connectivity index (χ0v) is 15.7. The van der Waals surface area contributed by atoms with E-state index >= 15 is 0 Å². The predicted octanol–water partition coefficient (Wildman–Crippen LogP) is 5.06. The Hall–Kier alpha value is -4.39. The van der Waals surface area contributed by atoms with Crippen molar-refractivity contribution in [1.29, 1.82) is 0 Å². The first-order valence-corrected chi connectivity index (χ1v) is 9.30. The molecule has 0 bridgehead atoms. The third kappa shape index (κ3) is 2.98. The van der Waals surface area contributed by atoms with E-state index in [9.17, 15) is 10.1 Å². The first-order valence-electron chi connectivity index (χ1n) is 9.30. The van der Waals surface area contributed by atoms with Crippen molar-refractivity contribution in [2.24, 2.45) is 0 Å². The monoisotopic (exact) mass is 393 g/mol. The number of nitrogens with zero attached hydrogens (tertiary/aromatic N) is 5. The molecule has 0 spiro atoms. The Kier molecular flexibility index (Phi) is 4.25. The number of para-hydroxylation sites is 1. The van der Waals surface area contributed by atoms with Crippen molar-refractivity contribution in [3.8, 4) is 28.2 Å². The zero-order valence-electron chi connectivity index (χ0n) is 15.7. The van der Waals surface area contributed by atoms with Crippen LogP contribution in [0.5, 0.6) is 0 Å². The molecule has 5 rings (SSSR count). The molecule has 0 aliphatic carbocycles. The number of nitro groups is 1. The van der Waals surface area contributed by atoms with E-state index in [4.69, 9.17) is 0 Å². The SMILES string of the molecule is O=[N+]([O-])c1ncccc1-c1cccc2ccn(-c3ccc(-c4ccccn4)nc3)c12. The van der Waals surface area contributed by atoms with Crippen LogP contribution in [0.2, 0.25) is 0 Å². The van der Waals surface area contributed by atoms with Gasteiger partial charge in [0.15, 0.2) is 0 Å². The first kappa shape index (κ1) is 17.7. The van der Waals surface area contributed by atoms with Gasteiger partial charge in [-0.05, 0) is 52.4 Å². The van der Waals surface area contributed by atoms with Gasteiger partial charge in [-0.15, -0.1) is 0 Å². The molecule has 0 saturated heterocycles. The molecule has 0 fully saturated rings. The predicted molar refractivity (Wildman–Crippen MR) is 114 cm³/mol. The van der Waals surface area contributed by atoms with E-state index in [2.05, 4.69) is 15.0 Å². The number of benzene rings is 1. The second kappa shape index (κ2) is 7.21. The lowest BCUT2D eigenvalue weighted by atomic mass is 10.0. The number of hydrogen-bond acceptors (Lipinski definition) is 5. The van der Waals surface area contributed by atoms with Crippen LogP contribution in [-0.4, -0.2) is 24.4 Å². The average molecular weight is 393 g/mol. The first-order chi connectivity index (χ1) is 14.7. The third-order valence-electron chi connectivity index (χ3n) is 4.91. The van der Waals surface area contributed by atoms with Crippen molar-refractivity contribution in [3.63, 3.8) is 0 Å². The molecule has 4 heterocycles. The molecular weight excluding hydrogens is 378 g/mol. The van der Waals surface area contributed by atoms with Crippen LogP contribution < -0.4 is 0 Å². The number of pyridine rings is 3. The van der Waals surface area contributed by atoms with Crippen LogP contribution in [0.15, 0.2) is 91.5 Å². The summed E-state index contributed by atoms with van der Waals surface area (Å²) in [6.07, 6.45) is 6.88. The van der Waals surface area contributed by atoms with Crippen LogP contribution in [-0.2, 0) is 0 Å². The third-order valence-corrected chi connectivity index (χ3v) is 4.91. The topological polar surface area (TPSA) is 86.7 Å². The van der Waals surface area contributed by atoms with Crippen molar-refractivity contribution in [1.82, 2.24) is 19.5 Å². The lowest BCUT2D eigenvalue weighted by Gasteiger charge is -2.11. The highest BCUT2D eigenvalue weighted by molar-refractivity contribution is 5.97. The minimum atomic E-state index is -0.454. The molecule has 0 unspecified atom stereocenters. The molecule has 7 heteroatoms. The average Bonchev–Trinajstić information content (AvgIpc) is 3.24. The van der Waals surface area contributed by atoms with Gasteiger partial charge in [0, 0.05) is 23.3 Å². The van der Waals surface area contributed by atoms with E-state index in [0.717, 1.165) is 33.5 Å². The van der Waals surface area contributed by atoms with Gasteiger partial charge in [0.25, 0.3) is 0 Å². The molecule has 30 heavy (non-hydrogen) atoms. The summed E-state index contributed by atoms with van der Waals surface area (Å²) in [7, 11) is 0. The van der Waals surface area contributed by atoms with E-state index in [1.54, 1.807) is 24.5 Å². The summed E-state index contributed by atoms with van der Waals surface area (Å²) in [5.41, 5.74) is 4.51. The lowest BCUT2D eigenvalue weighted by molar-refractivity contribution is -0.388. The molecule has 0 N–H and O–H groups in total. The molecule has 1 aromatic carbocycles. The van der Waals surface area contributed by atoms with Gasteiger partial charge >= 0.3 is 5.82 Å². The maximum Gasteiger partial charge on any atom is 0.371 e. The summed E-state index contributed by atoms with van der Waals surface area (Å²) in [6, 6.07) is 20.7. The van der Waals surface area contributed by atoms with Crippen LogP contribution in [0.3, 0.4) is 0 Å². The normalized spacial score (nSPS) is 10.9. The molecule has 0 radical (unpaired) electrons. The van der Waals surface area contributed by atoms with E-state index in [1.807, 2.05) is 65.4 Å². The lowest BCUT2D eigenvalue weighted by Crippen LogP contribution is -1.98. The Morgan fingerprint density at radius 2 is 1.60 bits per heavy atom. The fourth-order valence-corrected chi connectivity index (χ4v) is 3.57. The number of hydrogen-bond donors (Lipinski definition) is 0. The van der Waals surface area contributed by atoms with E-state index in [0.29, 0.717) is 5.56 Å². The molecule has 0 amide bonds. The highest BCUT2D eigenvalue weighted by atomic mass is 16.6. The molecule has 144 valence electrons. The molecule has 5 aromatic rings. The second-order valence-corrected chi connectivity index (χ2v) is 6.68.